The molecule has 20 heavy (non-hydrogen) atoms. The first-order valence-electron chi connectivity index (χ1n) is 7.42. The second-order valence-electron chi connectivity index (χ2n) is 6.48. The molecule has 1 aliphatic heterocycles. The number of nitrogens with zero attached hydrogens (tertiary/aromatic N) is 1. The number of methoxy groups -OCH3 is 1. The summed E-state index contributed by atoms with van der Waals surface area (Å²) in [4.78, 5) is 26.2. The van der Waals surface area contributed by atoms with E-state index in [2.05, 4.69) is 5.32 Å². The van der Waals surface area contributed by atoms with Crippen LogP contribution in [-0.4, -0.2) is 50.1 Å². The van der Waals surface area contributed by atoms with Crippen LogP contribution in [0.5, 0.6) is 0 Å². The number of carbonyl (C=O) groups excluding carboxylic acids is 2. The summed E-state index contributed by atoms with van der Waals surface area (Å²) in [6.07, 6.45) is 2.58. The topological polar surface area (TPSA) is 58.6 Å². The Bertz CT molecular complexity index is 337. The maximum absolute atomic E-state index is 12.3. The molecule has 0 aromatic carbocycles. The molecule has 1 rings (SSSR count). The summed E-state index contributed by atoms with van der Waals surface area (Å²) in [7, 11) is 1.65. The first kappa shape index (κ1) is 17.0. The van der Waals surface area contributed by atoms with Gasteiger partial charge in [-0.15, -0.1) is 0 Å². The van der Waals surface area contributed by atoms with Gasteiger partial charge in [-0.25, -0.2) is 0 Å². The summed E-state index contributed by atoms with van der Waals surface area (Å²) in [5.41, 5.74) is -0.378. The van der Waals surface area contributed by atoms with Crippen molar-refractivity contribution in [1.29, 1.82) is 0 Å². The lowest BCUT2D eigenvalue weighted by atomic mass is 9.91. The molecule has 0 aliphatic carbocycles. The van der Waals surface area contributed by atoms with Crippen LogP contribution in [0.3, 0.4) is 0 Å². The van der Waals surface area contributed by atoms with Gasteiger partial charge in [-0.05, 0) is 19.3 Å². The van der Waals surface area contributed by atoms with E-state index < -0.39 is 0 Å². The summed E-state index contributed by atoms with van der Waals surface area (Å²) in [6.45, 7) is 8.36. The number of piperidine rings is 1. The van der Waals surface area contributed by atoms with E-state index in [1.807, 2.05) is 25.7 Å². The number of amides is 2. The molecular weight excluding hydrogens is 256 g/mol. The Labute approximate surface area is 122 Å². The van der Waals surface area contributed by atoms with Gasteiger partial charge in [0.25, 0.3) is 0 Å². The normalized spacial score (nSPS) is 19.8. The van der Waals surface area contributed by atoms with Crippen molar-refractivity contribution in [3.8, 4) is 0 Å². The van der Waals surface area contributed by atoms with Gasteiger partial charge in [0.05, 0.1) is 5.92 Å². The maximum atomic E-state index is 12.3. The average molecular weight is 284 g/mol. The Hall–Kier alpha value is -1.10. The largest absolute Gasteiger partial charge is 0.385 e. The maximum Gasteiger partial charge on any atom is 0.227 e. The van der Waals surface area contributed by atoms with Crippen molar-refractivity contribution in [2.75, 3.05) is 33.4 Å². The Morgan fingerprint density at radius 1 is 1.35 bits per heavy atom. The quantitative estimate of drug-likeness (QED) is 0.777. The molecule has 1 saturated heterocycles. The van der Waals surface area contributed by atoms with Crippen molar-refractivity contribution in [2.24, 2.45) is 11.3 Å². The van der Waals surface area contributed by atoms with Crippen molar-refractivity contribution in [1.82, 2.24) is 10.2 Å². The number of hydrogen-bond acceptors (Lipinski definition) is 3. The van der Waals surface area contributed by atoms with Crippen LogP contribution < -0.4 is 5.32 Å². The fraction of sp³-hybridized carbons (Fsp3) is 0.867. The Kier molecular flexibility index (Phi) is 6.46. The van der Waals surface area contributed by atoms with Gasteiger partial charge in [0.2, 0.25) is 11.8 Å². The summed E-state index contributed by atoms with van der Waals surface area (Å²) < 4.78 is 4.95. The summed E-state index contributed by atoms with van der Waals surface area (Å²) in [5, 5.41) is 2.93. The highest BCUT2D eigenvalue weighted by atomic mass is 16.5. The summed E-state index contributed by atoms with van der Waals surface area (Å²) in [5.74, 6) is 0.125. The van der Waals surface area contributed by atoms with Crippen molar-refractivity contribution in [3.05, 3.63) is 0 Å². The summed E-state index contributed by atoms with van der Waals surface area (Å²) in [6, 6.07) is 0. The molecule has 1 heterocycles. The standard InChI is InChI=1S/C15H28N2O3/c1-15(2,3)14(19)17-9-5-7-12(11-17)13(18)16-8-6-10-20-4/h12H,5-11H2,1-4H3,(H,16,18). The molecule has 0 bridgehead atoms. The average Bonchev–Trinajstić information content (AvgIpc) is 2.41. The second kappa shape index (κ2) is 7.62. The Morgan fingerprint density at radius 3 is 2.65 bits per heavy atom. The first-order chi connectivity index (χ1) is 9.36. The van der Waals surface area contributed by atoms with Crippen LogP contribution in [-0.2, 0) is 14.3 Å². The molecule has 5 heteroatoms. The lowest BCUT2D eigenvalue weighted by Crippen LogP contribution is -2.48. The number of rotatable bonds is 5. The van der Waals surface area contributed by atoms with E-state index in [-0.39, 0.29) is 23.1 Å². The number of likely N-dealkylation sites (tertiary alicyclic amines) is 1. The van der Waals surface area contributed by atoms with E-state index in [4.69, 9.17) is 4.74 Å². The molecule has 1 aliphatic rings. The molecule has 1 N–H and O–H groups in total. The third-order valence-corrected chi connectivity index (χ3v) is 3.55. The minimum absolute atomic E-state index is 0.0625. The molecule has 5 nitrogen and oxygen atoms in total. The van der Waals surface area contributed by atoms with Crippen LogP contribution in [0.1, 0.15) is 40.0 Å². The van der Waals surface area contributed by atoms with Crippen molar-refractivity contribution < 1.29 is 14.3 Å². The zero-order chi connectivity index (χ0) is 15.2. The lowest BCUT2D eigenvalue weighted by molar-refractivity contribution is -0.142. The van der Waals surface area contributed by atoms with Crippen molar-refractivity contribution in [2.45, 2.75) is 40.0 Å². The fourth-order valence-corrected chi connectivity index (χ4v) is 2.42. The monoisotopic (exact) mass is 284 g/mol. The fourth-order valence-electron chi connectivity index (χ4n) is 2.42. The van der Waals surface area contributed by atoms with Crippen LogP contribution in [0, 0.1) is 11.3 Å². The third-order valence-electron chi connectivity index (χ3n) is 3.55. The molecule has 1 unspecified atom stereocenters. The second-order valence-corrected chi connectivity index (χ2v) is 6.48. The molecule has 0 radical (unpaired) electrons. The lowest BCUT2D eigenvalue weighted by Gasteiger charge is -2.35. The minimum Gasteiger partial charge on any atom is -0.385 e. The highest BCUT2D eigenvalue weighted by Crippen LogP contribution is 2.23. The van der Waals surface area contributed by atoms with E-state index >= 15 is 0 Å². The zero-order valence-electron chi connectivity index (χ0n) is 13.2. The van der Waals surface area contributed by atoms with E-state index in [0.29, 0.717) is 19.7 Å². The predicted octanol–water partition coefficient (Wildman–Crippen LogP) is 1.42. The van der Waals surface area contributed by atoms with E-state index in [1.165, 1.54) is 0 Å². The molecule has 1 fully saturated rings. The molecule has 0 saturated carbocycles. The van der Waals surface area contributed by atoms with Crippen LogP contribution in [0.4, 0.5) is 0 Å². The van der Waals surface area contributed by atoms with Gasteiger partial charge in [-0.2, -0.15) is 0 Å². The van der Waals surface area contributed by atoms with Crippen molar-refractivity contribution >= 4 is 11.8 Å². The number of ether oxygens (including phenoxy) is 1. The van der Waals surface area contributed by atoms with E-state index in [1.54, 1.807) is 7.11 Å². The van der Waals surface area contributed by atoms with Crippen LogP contribution >= 0.6 is 0 Å². The van der Waals surface area contributed by atoms with E-state index in [9.17, 15) is 9.59 Å². The SMILES string of the molecule is COCCCNC(=O)C1CCCN(C(=O)C(C)(C)C)C1. The smallest absolute Gasteiger partial charge is 0.227 e. The van der Waals surface area contributed by atoms with Crippen LogP contribution in [0.2, 0.25) is 0 Å². The summed E-state index contributed by atoms with van der Waals surface area (Å²) >= 11 is 0. The van der Waals surface area contributed by atoms with Gasteiger partial charge in [0.1, 0.15) is 0 Å². The van der Waals surface area contributed by atoms with Gasteiger partial charge in [-0.1, -0.05) is 20.8 Å². The molecule has 116 valence electrons. The highest BCUT2D eigenvalue weighted by molar-refractivity contribution is 5.83. The van der Waals surface area contributed by atoms with Gasteiger partial charge >= 0.3 is 0 Å². The number of nitrogens with one attached hydrogen (secondary N) is 1. The van der Waals surface area contributed by atoms with Crippen LogP contribution in [0.25, 0.3) is 0 Å². The van der Waals surface area contributed by atoms with Gasteiger partial charge in [-0.3, -0.25) is 9.59 Å². The Balaban J connectivity index is 2.44. The van der Waals surface area contributed by atoms with Gasteiger partial charge < -0.3 is 15.0 Å². The predicted molar refractivity (Wildman–Crippen MR) is 78.3 cm³/mol. The number of hydrogen-bond donors (Lipinski definition) is 1. The van der Waals surface area contributed by atoms with Crippen LogP contribution in [0.15, 0.2) is 0 Å². The molecule has 0 aromatic heterocycles. The van der Waals surface area contributed by atoms with Crippen molar-refractivity contribution in [3.63, 3.8) is 0 Å². The minimum atomic E-state index is -0.378. The molecule has 1 atom stereocenters. The Morgan fingerprint density at radius 2 is 2.05 bits per heavy atom. The molecule has 0 aromatic rings. The highest BCUT2D eigenvalue weighted by Gasteiger charge is 2.33. The first-order valence-corrected chi connectivity index (χ1v) is 7.42. The van der Waals surface area contributed by atoms with E-state index in [0.717, 1.165) is 25.8 Å². The molecule has 2 amide bonds. The number of carbonyl (C=O) groups is 2. The van der Waals surface area contributed by atoms with Gasteiger partial charge in [0, 0.05) is 38.8 Å². The zero-order valence-corrected chi connectivity index (χ0v) is 13.2. The molecular formula is C15H28N2O3. The molecule has 0 spiro atoms. The van der Waals surface area contributed by atoms with Gasteiger partial charge in [0.15, 0.2) is 0 Å². The third kappa shape index (κ3) is 5.12.